The summed E-state index contributed by atoms with van der Waals surface area (Å²) in [5, 5.41) is 0. The first-order valence-corrected chi connectivity index (χ1v) is 7.18. The molecule has 0 radical (unpaired) electrons. The zero-order valence-corrected chi connectivity index (χ0v) is 16.6. The van der Waals surface area contributed by atoms with Crippen molar-refractivity contribution in [3.8, 4) is 0 Å². The van der Waals surface area contributed by atoms with Crippen molar-refractivity contribution in [3.63, 3.8) is 0 Å². The zero-order valence-electron chi connectivity index (χ0n) is 11.1. The van der Waals surface area contributed by atoms with Crippen LogP contribution in [0.2, 0.25) is 0 Å². The van der Waals surface area contributed by atoms with Gasteiger partial charge in [-0.2, -0.15) is 11.3 Å². The summed E-state index contributed by atoms with van der Waals surface area (Å²) < 4.78 is 0. The molecule has 0 atom stereocenters. The molecule has 0 amide bonds. The molecule has 0 aromatic heterocycles. The minimum atomic E-state index is 0. The molecule has 0 bridgehead atoms. The molecule has 0 unspecified atom stereocenters. The first-order chi connectivity index (χ1) is 6.45. The topological polar surface area (TPSA) is 0 Å². The Hall–Kier alpha value is 2.75. The van der Waals surface area contributed by atoms with E-state index in [0.717, 1.165) is 11.3 Å². The van der Waals surface area contributed by atoms with Crippen molar-refractivity contribution in [2.75, 3.05) is 0 Å². The quantitative estimate of drug-likeness (QED) is 0.329. The summed E-state index contributed by atoms with van der Waals surface area (Å²) in [6, 6.07) is 0. The van der Waals surface area contributed by atoms with Crippen LogP contribution < -0.4 is 52.8 Å². The average Bonchev–Trinajstić information content (AvgIpc) is 2.21. The molecule has 0 nitrogen and oxygen atoms in total. The number of rotatable bonds is 2. The fraction of sp³-hybridized carbons (Fsp3) is 1.00. The summed E-state index contributed by atoms with van der Waals surface area (Å²) >= 11 is 0. The molecule has 2 fully saturated rings. The van der Waals surface area contributed by atoms with Crippen molar-refractivity contribution in [3.05, 3.63) is 0 Å². The van der Waals surface area contributed by atoms with Crippen LogP contribution in [0.25, 0.3) is 0 Å². The molecule has 2 aliphatic carbocycles. The Morgan fingerprint density at radius 1 is 0.588 bits per heavy atom. The van der Waals surface area contributed by atoms with Crippen LogP contribution in [-0.2, 0) is 0 Å². The predicted octanol–water partition coefficient (Wildman–Crippen LogP) is -4.77. The van der Waals surface area contributed by atoms with Gasteiger partial charge in [0.25, 0.3) is 0 Å². The molecule has 0 spiro atoms. The zero-order chi connectivity index (χ0) is 8.93. The molecule has 2 rings (SSSR count). The van der Waals surface area contributed by atoms with E-state index in [1.54, 1.807) is 0 Å². The van der Waals surface area contributed by atoms with Crippen LogP contribution in [0.3, 0.4) is 0 Å². The van der Waals surface area contributed by atoms with Gasteiger partial charge in [0.05, 0.1) is 0 Å². The van der Waals surface area contributed by atoms with Crippen molar-refractivity contribution in [2.24, 2.45) is 0 Å². The number of hydrogen-bond acceptors (Lipinski definition) is 0. The van der Waals surface area contributed by atoms with Gasteiger partial charge in [0.2, 0.25) is 0 Å². The number of halogens is 2. The summed E-state index contributed by atoms with van der Waals surface area (Å²) in [6.07, 6.45) is 15.3. The Kier molecular flexibility index (Phi) is 22.1. The standard InChI is InChI=1S/C12H22P.2BrH.Li.Mg/c1-3-7-11(8-4-1)13-12-9-5-2-6-10-12;;;;/h11-12H,1-10H2;2*1H;;/q-1;;;+1;+2/p-2. The first-order valence-electron chi connectivity index (χ1n) is 6.15. The van der Waals surface area contributed by atoms with Crippen LogP contribution in [0.15, 0.2) is 0 Å². The van der Waals surface area contributed by atoms with Crippen LogP contribution in [0.5, 0.6) is 0 Å². The molecular weight excluding hydrogens is 366 g/mol. The maximum atomic E-state index is 1.84. The minimum absolute atomic E-state index is 0. The number of hydrogen-bond donors (Lipinski definition) is 0. The van der Waals surface area contributed by atoms with E-state index in [-0.39, 0.29) is 75.9 Å². The molecule has 0 aliphatic heterocycles. The van der Waals surface area contributed by atoms with Gasteiger partial charge in [-0.05, 0) is 0 Å². The fourth-order valence-corrected chi connectivity index (χ4v) is 4.68. The third-order valence-electron chi connectivity index (χ3n) is 3.57. The monoisotopic (exact) mass is 386 g/mol. The molecule has 2 saturated carbocycles. The maximum absolute atomic E-state index is 1.84. The predicted molar refractivity (Wildman–Crippen MR) is 66.4 cm³/mol. The maximum Gasteiger partial charge on any atom is 2.00 e. The molecule has 2 aliphatic rings. The normalized spacial score (nSPS) is 21.2. The molecule has 0 aromatic carbocycles. The van der Waals surface area contributed by atoms with Crippen molar-refractivity contribution >= 4 is 31.6 Å². The third kappa shape index (κ3) is 10.2. The Bertz CT molecular complexity index is 135. The second kappa shape index (κ2) is 15.1. The van der Waals surface area contributed by atoms with E-state index >= 15 is 0 Å². The Morgan fingerprint density at radius 3 is 1.18 bits per heavy atom. The fourth-order valence-electron chi connectivity index (χ4n) is 2.76. The molecular formula is C12H22Br2LiMgP. The van der Waals surface area contributed by atoms with Gasteiger partial charge in [0.15, 0.2) is 0 Å². The largest absolute Gasteiger partial charge is 2.00 e. The van der Waals surface area contributed by atoms with Gasteiger partial charge in [-0.15, -0.1) is 0 Å². The van der Waals surface area contributed by atoms with Crippen LogP contribution in [-0.4, -0.2) is 34.4 Å². The molecule has 17 heavy (non-hydrogen) atoms. The van der Waals surface area contributed by atoms with E-state index < -0.39 is 0 Å². The molecule has 0 aromatic rings. The smallest absolute Gasteiger partial charge is 1.00 e. The molecule has 92 valence electrons. The van der Waals surface area contributed by atoms with E-state index in [2.05, 4.69) is 0 Å². The SMILES string of the molecule is C1CCC([P-]C2CCCCC2)CC1.[Br-].[Br-].[Li+].[Mg+2]. The van der Waals surface area contributed by atoms with Crippen molar-refractivity contribution < 1.29 is 52.8 Å². The van der Waals surface area contributed by atoms with Crippen LogP contribution >= 0.6 is 8.58 Å². The van der Waals surface area contributed by atoms with Crippen molar-refractivity contribution in [2.45, 2.75) is 75.5 Å². The van der Waals surface area contributed by atoms with E-state index in [4.69, 9.17) is 0 Å². The summed E-state index contributed by atoms with van der Waals surface area (Å²) in [5.41, 5.74) is 2.19. The summed E-state index contributed by atoms with van der Waals surface area (Å²) in [7, 11) is 1.84. The van der Waals surface area contributed by atoms with Gasteiger partial charge in [-0.1, -0.05) is 64.2 Å². The van der Waals surface area contributed by atoms with Gasteiger partial charge in [0, 0.05) is 0 Å². The summed E-state index contributed by atoms with van der Waals surface area (Å²) in [4.78, 5) is 0. The van der Waals surface area contributed by atoms with Crippen LogP contribution in [0.1, 0.15) is 64.2 Å². The Balaban J connectivity index is -0.000000490. The van der Waals surface area contributed by atoms with Crippen molar-refractivity contribution in [1.29, 1.82) is 0 Å². The van der Waals surface area contributed by atoms with E-state index in [0.29, 0.717) is 0 Å². The van der Waals surface area contributed by atoms with Crippen molar-refractivity contribution in [1.82, 2.24) is 0 Å². The van der Waals surface area contributed by atoms with Gasteiger partial charge < -0.3 is 42.5 Å². The van der Waals surface area contributed by atoms with E-state index in [9.17, 15) is 0 Å². The van der Waals surface area contributed by atoms with E-state index in [1.807, 2.05) is 8.58 Å². The van der Waals surface area contributed by atoms with Gasteiger partial charge in [-0.3, -0.25) is 0 Å². The van der Waals surface area contributed by atoms with Crippen LogP contribution in [0.4, 0.5) is 0 Å². The van der Waals surface area contributed by atoms with Gasteiger partial charge >= 0.3 is 41.9 Å². The summed E-state index contributed by atoms with van der Waals surface area (Å²) in [5.74, 6) is 0. The van der Waals surface area contributed by atoms with Crippen LogP contribution in [0, 0.1) is 0 Å². The Labute approximate surface area is 158 Å². The molecule has 0 N–H and O–H groups in total. The summed E-state index contributed by atoms with van der Waals surface area (Å²) in [6.45, 7) is 0. The minimum Gasteiger partial charge on any atom is -1.00 e. The average molecular weight is 388 g/mol. The molecule has 5 heteroatoms. The second-order valence-electron chi connectivity index (χ2n) is 4.73. The van der Waals surface area contributed by atoms with Gasteiger partial charge in [0.1, 0.15) is 0 Å². The second-order valence-corrected chi connectivity index (χ2v) is 6.49. The van der Waals surface area contributed by atoms with E-state index in [1.165, 1.54) is 64.2 Å². The first kappa shape index (κ1) is 24.8. The Morgan fingerprint density at radius 2 is 0.882 bits per heavy atom. The molecule has 0 saturated heterocycles. The van der Waals surface area contributed by atoms with Gasteiger partial charge in [-0.25, -0.2) is 0 Å². The molecule has 0 heterocycles. The third-order valence-corrected chi connectivity index (χ3v) is 5.45.